The summed E-state index contributed by atoms with van der Waals surface area (Å²) in [6, 6.07) is 5.98. The van der Waals surface area contributed by atoms with Crippen molar-refractivity contribution in [3.8, 4) is 5.75 Å². The highest BCUT2D eigenvalue weighted by atomic mass is 16.6. The fourth-order valence-electron chi connectivity index (χ4n) is 3.74. The second-order valence-electron chi connectivity index (χ2n) is 7.41. The second-order valence-corrected chi connectivity index (χ2v) is 7.41. The molecule has 1 saturated heterocycles. The minimum Gasteiger partial charge on any atom is -0.493 e. The summed E-state index contributed by atoms with van der Waals surface area (Å²) in [6.07, 6.45) is 3.03. The number of aromatic nitrogens is 2. The molecule has 0 bridgehead atoms. The molecule has 1 fully saturated rings. The molecule has 8 heteroatoms. The quantitative estimate of drug-likeness (QED) is 0.837. The Balaban J connectivity index is 1.29. The standard InChI is InChI=1S/C20H24N4O4/c1-13-17(23-28-22-13)11-21-20(26)16-6-7-24(12-16)19(25)10-14-4-5-18-15(9-14)3-2-8-27-18/h4-5,9,16H,2-3,6-8,10-12H2,1H3,(H,21,26). The first-order chi connectivity index (χ1) is 13.6. The van der Waals surface area contributed by atoms with Crippen LogP contribution in [0, 0.1) is 12.8 Å². The molecule has 148 valence electrons. The summed E-state index contributed by atoms with van der Waals surface area (Å²) in [4.78, 5) is 26.9. The van der Waals surface area contributed by atoms with Gasteiger partial charge in [-0.25, -0.2) is 4.63 Å². The SMILES string of the molecule is Cc1nonc1CNC(=O)C1CCN(C(=O)Cc2ccc3c(c2)CCCO3)C1. The zero-order chi connectivity index (χ0) is 19.5. The van der Waals surface area contributed by atoms with Crippen molar-refractivity contribution in [1.82, 2.24) is 20.5 Å². The molecule has 1 N–H and O–H groups in total. The van der Waals surface area contributed by atoms with Crippen molar-refractivity contribution >= 4 is 11.8 Å². The lowest BCUT2D eigenvalue weighted by Gasteiger charge is -2.19. The molecule has 2 aromatic rings. The third-order valence-corrected chi connectivity index (χ3v) is 5.42. The summed E-state index contributed by atoms with van der Waals surface area (Å²) >= 11 is 0. The first-order valence-corrected chi connectivity index (χ1v) is 9.68. The molecule has 1 unspecified atom stereocenters. The third kappa shape index (κ3) is 4.00. The molecular formula is C20H24N4O4. The maximum atomic E-state index is 12.7. The fraction of sp³-hybridized carbons (Fsp3) is 0.500. The van der Waals surface area contributed by atoms with Crippen LogP contribution in [0.25, 0.3) is 0 Å². The van der Waals surface area contributed by atoms with E-state index >= 15 is 0 Å². The van der Waals surface area contributed by atoms with Crippen LogP contribution in [0.15, 0.2) is 22.8 Å². The molecule has 2 amide bonds. The van der Waals surface area contributed by atoms with Gasteiger partial charge in [-0.05, 0) is 43.4 Å². The zero-order valence-electron chi connectivity index (χ0n) is 15.9. The summed E-state index contributed by atoms with van der Waals surface area (Å²) < 4.78 is 10.3. The number of rotatable bonds is 5. The average Bonchev–Trinajstić information content (AvgIpc) is 3.35. The van der Waals surface area contributed by atoms with Gasteiger partial charge < -0.3 is 15.0 Å². The normalized spacial score (nSPS) is 18.5. The van der Waals surface area contributed by atoms with Crippen LogP contribution in [0.5, 0.6) is 5.75 Å². The van der Waals surface area contributed by atoms with Crippen LogP contribution in [0.3, 0.4) is 0 Å². The molecule has 0 spiro atoms. The highest BCUT2D eigenvalue weighted by molar-refractivity contribution is 5.83. The number of nitrogens with one attached hydrogen (secondary N) is 1. The van der Waals surface area contributed by atoms with Crippen molar-refractivity contribution in [2.45, 2.75) is 39.2 Å². The van der Waals surface area contributed by atoms with Crippen LogP contribution >= 0.6 is 0 Å². The van der Waals surface area contributed by atoms with E-state index in [4.69, 9.17) is 4.74 Å². The van der Waals surface area contributed by atoms with Crippen LogP contribution in [0.2, 0.25) is 0 Å². The molecule has 3 heterocycles. The Labute approximate surface area is 163 Å². The molecule has 4 rings (SSSR count). The van der Waals surface area contributed by atoms with Crippen LogP contribution in [-0.4, -0.2) is 46.7 Å². The van der Waals surface area contributed by atoms with E-state index in [-0.39, 0.29) is 24.3 Å². The van der Waals surface area contributed by atoms with E-state index < -0.39 is 0 Å². The Morgan fingerprint density at radius 2 is 2.21 bits per heavy atom. The summed E-state index contributed by atoms with van der Waals surface area (Å²) in [5, 5.41) is 10.3. The molecule has 0 aliphatic carbocycles. The maximum absolute atomic E-state index is 12.7. The van der Waals surface area contributed by atoms with E-state index in [0.29, 0.717) is 37.3 Å². The molecular weight excluding hydrogens is 360 g/mol. The Kier molecular flexibility index (Phi) is 5.27. The van der Waals surface area contributed by atoms with Gasteiger partial charge >= 0.3 is 0 Å². The van der Waals surface area contributed by atoms with Gasteiger partial charge in [0.1, 0.15) is 17.1 Å². The minimum atomic E-state index is -0.193. The number of hydrogen-bond donors (Lipinski definition) is 1. The second kappa shape index (κ2) is 8.00. The number of nitrogens with zero attached hydrogens (tertiary/aromatic N) is 3. The molecule has 1 aromatic heterocycles. The average molecular weight is 384 g/mol. The summed E-state index contributed by atoms with van der Waals surface area (Å²) in [6.45, 7) is 3.89. The fourth-order valence-corrected chi connectivity index (χ4v) is 3.74. The minimum absolute atomic E-state index is 0.0588. The molecule has 2 aliphatic rings. The van der Waals surface area contributed by atoms with Crippen LogP contribution in [-0.2, 0) is 29.0 Å². The van der Waals surface area contributed by atoms with Crippen molar-refractivity contribution < 1.29 is 19.0 Å². The predicted octanol–water partition coefficient (Wildman–Crippen LogP) is 1.41. The first kappa shape index (κ1) is 18.5. The number of benzene rings is 1. The van der Waals surface area contributed by atoms with Gasteiger partial charge in [-0.3, -0.25) is 9.59 Å². The Bertz CT molecular complexity index is 879. The van der Waals surface area contributed by atoms with Crippen LogP contribution in [0.1, 0.15) is 35.4 Å². The number of carbonyl (C=O) groups excluding carboxylic acids is 2. The first-order valence-electron chi connectivity index (χ1n) is 9.68. The van der Waals surface area contributed by atoms with E-state index in [1.807, 2.05) is 12.1 Å². The summed E-state index contributed by atoms with van der Waals surface area (Å²) in [5.41, 5.74) is 3.46. The van der Waals surface area contributed by atoms with E-state index in [1.165, 1.54) is 5.56 Å². The van der Waals surface area contributed by atoms with E-state index in [1.54, 1.807) is 11.8 Å². The van der Waals surface area contributed by atoms with Gasteiger partial charge in [0, 0.05) is 13.1 Å². The smallest absolute Gasteiger partial charge is 0.227 e. The van der Waals surface area contributed by atoms with Gasteiger partial charge in [0.2, 0.25) is 11.8 Å². The summed E-state index contributed by atoms with van der Waals surface area (Å²) in [7, 11) is 0. The molecule has 1 aromatic carbocycles. The Morgan fingerprint density at radius 1 is 1.32 bits per heavy atom. The molecule has 0 saturated carbocycles. The number of hydrogen-bond acceptors (Lipinski definition) is 6. The van der Waals surface area contributed by atoms with Crippen molar-refractivity contribution in [1.29, 1.82) is 0 Å². The number of carbonyl (C=O) groups is 2. The monoisotopic (exact) mass is 384 g/mol. The van der Waals surface area contributed by atoms with E-state index in [2.05, 4.69) is 26.3 Å². The van der Waals surface area contributed by atoms with Crippen LogP contribution < -0.4 is 10.1 Å². The molecule has 2 aliphatic heterocycles. The maximum Gasteiger partial charge on any atom is 0.227 e. The van der Waals surface area contributed by atoms with Crippen LogP contribution in [0.4, 0.5) is 0 Å². The topological polar surface area (TPSA) is 97.6 Å². The van der Waals surface area contributed by atoms with E-state index in [9.17, 15) is 9.59 Å². The van der Waals surface area contributed by atoms with Crippen molar-refractivity contribution in [3.05, 3.63) is 40.7 Å². The number of ether oxygens (including phenoxy) is 1. The lowest BCUT2D eigenvalue weighted by molar-refractivity contribution is -0.130. The molecule has 0 radical (unpaired) electrons. The lowest BCUT2D eigenvalue weighted by atomic mass is 10.0. The molecule has 28 heavy (non-hydrogen) atoms. The highest BCUT2D eigenvalue weighted by Gasteiger charge is 2.31. The van der Waals surface area contributed by atoms with Gasteiger partial charge in [-0.2, -0.15) is 0 Å². The molecule has 1 atom stereocenters. The Hall–Kier alpha value is -2.90. The predicted molar refractivity (Wildman–Crippen MR) is 99.5 cm³/mol. The number of fused-ring (bicyclic) bond motifs is 1. The largest absolute Gasteiger partial charge is 0.493 e. The van der Waals surface area contributed by atoms with Crippen molar-refractivity contribution in [3.63, 3.8) is 0 Å². The number of aryl methyl sites for hydroxylation is 2. The summed E-state index contributed by atoms with van der Waals surface area (Å²) in [5.74, 6) is 0.728. The molecule has 8 nitrogen and oxygen atoms in total. The highest BCUT2D eigenvalue weighted by Crippen LogP contribution is 2.26. The van der Waals surface area contributed by atoms with Crippen molar-refractivity contribution in [2.24, 2.45) is 5.92 Å². The van der Waals surface area contributed by atoms with Gasteiger partial charge in [0.25, 0.3) is 0 Å². The van der Waals surface area contributed by atoms with Gasteiger partial charge in [-0.15, -0.1) is 0 Å². The van der Waals surface area contributed by atoms with Crippen molar-refractivity contribution in [2.75, 3.05) is 19.7 Å². The lowest BCUT2D eigenvalue weighted by Crippen LogP contribution is -2.35. The third-order valence-electron chi connectivity index (χ3n) is 5.42. The zero-order valence-corrected chi connectivity index (χ0v) is 15.9. The van der Waals surface area contributed by atoms with Gasteiger partial charge in [0.15, 0.2) is 0 Å². The van der Waals surface area contributed by atoms with Gasteiger partial charge in [0.05, 0.1) is 25.5 Å². The number of amides is 2. The van der Waals surface area contributed by atoms with E-state index in [0.717, 1.165) is 30.8 Å². The Morgan fingerprint density at radius 3 is 3.04 bits per heavy atom. The number of likely N-dealkylation sites (tertiary alicyclic amines) is 1. The van der Waals surface area contributed by atoms with Gasteiger partial charge in [-0.1, -0.05) is 22.4 Å².